The molecule has 5 nitrogen and oxygen atoms in total. The summed E-state index contributed by atoms with van der Waals surface area (Å²) < 4.78 is 5.07. The van der Waals surface area contributed by atoms with Gasteiger partial charge in [0.15, 0.2) is 0 Å². The van der Waals surface area contributed by atoms with Crippen LogP contribution in [0, 0.1) is 0 Å². The van der Waals surface area contributed by atoms with Crippen LogP contribution in [0.2, 0.25) is 0 Å². The Morgan fingerprint density at radius 2 is 2.18 bits per heavy atom. The van der Waals surface area contributed by atoms with Crippen LogP contribution in [0.3, 0.4) is 0 Å². The van der Waals surface area contributed by atoms with Crippen LogP contribution < -0.4 is 0 Å². The molecule has 0 bridgehead atoms. The Hall–Kier alpha value is -1.10. The molecule has 2 aliphatic rings. The fourth-order valence-electron chi connectivity index (χ4n) is 2.77. The van der Waals surface area contributed by atoms with Crippen molar-refractivity contribution in [3.05, 3.63) is 0 Å². The van der Waals surface area contributed by atoms with Gasteiger partial charge >= 0.3 is 5.97 Å². The summed E-state index contributed by atoms with van der Waals surface area (Å²) in [6.45, 7) is 3.83. The molecule has 2 unspecified atom stereocenters. The first-order valence-electron chi connectivity index (χ1n) is 6.32. The van der Waals surface area contributed by atoms with E-state index in [2.05, 4.69) is 0 Å². The van der Waals surface area contributed by atoms with Crippen molar-refractivity contribution in [1.29, 1.82) is 0 Å². The molecule has 2 aliphatic heterocycles. The molecule has 2 atom stereocenters. The van der Waals surface area contributed by atoms with Gasteiger partial charge in [-0.15, -0.1) is 0 Å². The maximum Gasteiger partial charge on any atom is 0.323 e. The van der Waals surface area contributed by atoms with Crippen LogP contribution in [0.25, 0.3) is 0 Å². The van der Waals surface area contributed by atoms with Crippen LogP contribution in [0.4, 0.5) is 0 Å². The summed E-state index contributed by atoms with van der Waals surface area (Å²) in [6, 6.07) is -0.327. The van der Waals surface area contributed by atoms with E-state index in [9.17, 15) is 9.59 Å². The number of likely N-dealkylation sites (tertiary alicyclic amines) is 2. The van der Waals surface area contributed by atoms with Crippen molar-refractivity contribution in [3.63, 3.8) is 0 Å². The molecule has 96 valence electrons. The van der Waals surface area contributed by atoms with Gasteiger partial charge in [-0.3, -0.25) is 14.5 Å². The number of carbonyl (C=O) groups excluding carboxylic acids is 2. The molecule has 0 radical (unpaired) electrons. The maximum absolute atomic E-state index is 12.0. The summed E-state index contributed by atoms with van der Waals surface area (Å²) in [5.74, 6) is -0.0337. The van der Waals surface area contributed by atoms with Gasteiger partial charge in [0.1, 0.15) is 6.04 Å². The molecule has 0 aliphatic carbocycles. The zero-order valence-electron chi connectivity index (χ0n) is 10.5. The lowest BCUT2D eigenvalue weighted by atomic mass is 10.1. The van der Waals surface area contributed by atoms with Crippen molar-refractivity contribution < 1.29 is 14.3 Å². The summed E-state index contributed by atoms with van der Waals surface area (Å²) in [5.41, 5.74) is 0. The van der Waals surface area contributed by atoms with Gasteiger partial charge in [0.25, 0.3) is 0 Å². The standard InChI is InChI=1S/C12H20N2O3/c1-3-17-12(16)10-5-4-7-14(10)9-6-8-13(2)11(9)15/h9-10H,3-8H2,1-2H3. The number of nitrogens with zero attached hydrogens (tertiary/aromatic N) is 2. The van der Waals surface area contributed by atoms with E-state index in [1.165, 1.54) is 0 Å². The van der Waals surface area contributed by atoms with E-state index in [0.717, 1.165) is 32.4 Å². The van der Waals surface area contributed by atoms with Crippen molar-refractivity contribution in [2.45, 2.75) is 38.3 Å². The lowest BCUT2D eigenvalue weighted by molar-refractivity contribution is -0.150. The quantitative estimate of drug-likeness (QED) is 0.663. The first-order chi connectivity index (χ1) is 8.15. The Bertz CT molecular complexity index is 319. The number of carbonyl (C=O) groups is 2. The summed E-state index contributed by atoms with van der Waals surface area (Å²) in [7, 11) is 1.82. The van der Waals surface area contributed by atoms with Gasteiger partial charge in [-0.1, -0.05) is 0 Å². The van der Waals surface area contributed by atoms with Gasteiger partial charge in [0.05, 0.1) is 12.6 Å². The zero-order chi connectivity index (χ0) is 12.4. The van der Waals surface area contributed by atoms with Crippen LogP contribution in [-0.2, 0) is 14.3 Å². The van der Waals surface area contributed by atoms with Gasteiger partial charge in [0.2, 0.25) is 5.91 Å². The molecule has 2 rings (SSSR count). The minimum atomic E-state index is -0.213. The van der Waals surface area contributed by atoms with E-state index in [1.807, 2.05) is 18.9 Å². The average Bonchev–Trinajstić information content (AvgIpc) is 2.88. The number of rotatable bonds is 3. The highest BCUT2D eigenvalue weighted by molar-refractivity contribution is 5.85. The van der Waals surface area contributed by atoms with Crippen molar-refractivity contribution >= 4 is 11.9 Å². The highest BCUT2D eigenvalue weighted by atomic mass is 16.5. The van der Waals surface area contributed by atoms with Gasteiger partial charge in [0, 0.05) is 13.6 Å². The Kier molecular flexibility index (Phi) is 3.66. The van der Waals surface area contributed by atoms with Crippen molar-refractivity contribution in [2.75, 3.05) is 26.7 Å². The predicted octanol–water partition coefficient (Wildman–Crippen LogP) is 0.245. The molecule has 0 aromatic rings. The van der Waals surface area contributed by atoms with E-state index in [-0.39, 0.29) is 24.0 Å². The number of ether oxygens (including phenoxy) is 1. The van der Waals surface area contributed by atoms with Crippen molar-refractivity contribution in [1.82, 2.24) is 9.80 Å². The topological polar surface area (TPSA) is 49.9 Å². The molecule has 0 aromatic carbocycles. The molecule has 17 heavy (non-hydrogen) atoms. The van der Waals surface area contributed by atoms with Gasteiger partial charge in [-0.2, -0.15) is 0 Å². The largest absolute Gasteiger partial charge is 0.465 e. The Balaban J connectivity index is 2.04. The SMILES string of the molecule is CCOC(=O)C1CCCN1C1CCN(C)C1=O. The van der Waals surface area contributed by atoms with Crippen LogP contribution in [0.1, 0.15) is 26.2 Å². The van der Waals surface area contributed by atoms with Gasteiger partial charge < -0.3 is 9.64 Å². The van der Waals surface area contributed by atoms with E-state index >= 15 is 0 Å². The molecule has 5 heteroatoms. The number of likely N-dealkylation sites (N-methyl/N-ethyl adjacent to an activating group) is 1. The van der Waals surface area contributed by atoms with Gasteiger partial charge in [-0.25, -0.2) is 0 Å². The Labute approximate surface area is 102 Å². The molecule has 1 amide bonds. The van der Waals surface area contributed by atoms with Crippen LogP contribution >= 0.6 is 0 Å². The Morgan fingerprint density at radius 3 is 2.76 bits per heavy atom. The number of esters is 1. The third-order valence-electron chi connectivity index (χ3n) is 3.65. The van der Waals surface area contributed by atoms with Crippen molar-refractivity contribution in [2.24, 2.45) is 0 Å². The highest BCUT2D eigenvalue weighted by Crippen LogP contribution is 2.26. The highest BCUT2D eigenvalue weighted by Gasteiger charge is 2.42. The smallest absolute Gasteiger partial charge is 0.323 e. The van der Waals surface area contributed by atoms with E-state index in [4.69, 9.17) is 4.74 Å². The number of amides is 1. The molecular formula is C12H20N2O3. The molecular weight excluding hydrogens is 220 g/mol. The summed E-state index contributed by atoms with van der Waals surface area (Å²) >= 11 is 0. The predicted molar refractivity (Wildman–Crippen MR) is 62.4 cm³/mol. The Morgan fingerprint density at radius 1 is 1.41 bits per heavy atom. The zero-order valence-corrected chi connectivity index (χ0v) is 10.5. The molecule has 0 saturated carbocycles. The van der Waals surface area contributed by atoms with E-state index < -0.39 is 0 Å². The first kappa shape index (κ1) is 12.4. The normalized spacial score (nSPS) is 30.0. The average molecular weight is 240 g/mol. The monoisotopic (exact) mass is 240 g/mol. The lowest BCUT2D eigenvalue weighted by Gasteiger charge is -2.27. The number of hydrogen-bond donors (Lipinski definition) is 0. The number of hydrogen-bond acceptors (Lipinski definition) is 4. The third kappa shape index (κ3) is 2.29. The van der Waals surface area contributed by atoms with E-state index in [1.54, 1.807) is 4.90 Å². The molecule has 2 saturated heterocycles. The minimum absolute atomic E-state index is 0.114. The summed E-state index contributed by atoms with van der Waals surface area (Å²) in [6.07, 6.45) is 2.61. The van der Waals surface area contributed by atoms with Gasteiger partial charge in [-0.05, 0) is 32.7 Å². The summed E-state index contributed by atoms with van der Waals surface area (Å²) in [5, 5.41) is 0. The fourth-order valence-corrected chi connectivity index (χ4v) is 2.77. The maximum atomic E-state index is 12.0. The molecule has 0 spiro atoms. The molecule has 2 heterocycles. The summed E-state index contributed by atoms with van der Waals surface area (Å²) in [4.78, 5) is 27.5. The second-order valence-electron chi connectivity index (χ2n) is 4.71. The van der Waals surface area contributed by atoms with Crippen molar-refractivity contribution in [3.8, 4) is 0 Å². The lowest BCUT2D eigenvalue weighted by Crippen LogP contribution is -2.47. The minimum Gasteiger partial charge on any atom is -0.465 e. The molecule has 0 N–H and O–H groups in total. The second-order valence-corrected chi connectivity index (χ2v) is 4.71. The second kappa shape index (κ2) is 5.04. The first-order valence-corrected chi connectivity index (χ1v) is 6.32. The van der Waals surface area contributed by atoms with Crippen LogP contribution in [0.15, 0.2) is 0 Å². The molecule has 2 fully saturated rings. The van der Waals surface area contributed by atoms with Crippen LogP contribution in [0.5, 0.6) is 0 Å². The van der Waals surface area contributed by atoms with Crippen LogP contribution in [-0.4, -0.2) is 60.5 Å². The fraction of sp³-hybridized carbons (Fsp3) is 0.833. The third-order valence-corrected chi connectivity index (χ3v) is 3.65. The van der Waals surface area contributed by atoms with E-state index in [0.29, 0.717) is 6.61 Å². The molecule has 0 aromatic heterocycles.